The molecule has 0 spiro atoms. The zero-order valence-electron chi connectivity index (χ0n) is 14.9. The summed E-state index contributed by atoms with van der Waals surface area (Å²) in [5.74, 6) is 0.779. The molecule has 1 N–H and O–H groups in total. The lowest BCUT2D eigenvalue weighted by Crippen LogP contribution is -2.40. The Hall–Kier alpha value is -1.62. The highest BCUT2D eigenvalue weighted by Gasteiger charge is 2.18. The highest BCUT2D eigenvalue weighted by molar-refractivity contribution is 5.25. The summed E-state index contributed by atoms with van der Waals surface area (Å²) in [5, 5.41) is 10.3. The van der Waals surface area contributed by atoms with Gasteiger partial charge in [0, 0.05) is 19.1 Å². The minimum absolute atomic E-state index is 0.307. The van der Waals surface area contributed by atoms with Gasteiger partial charge in [-0.05, 0) is 43.5 Å². The molecule has 0 amide bonds. The van der Waals surface area contributed by atoms with Crippen molar-refractivity contribution in [3.63, 3.8) is 0 Å². The first-order valence-electron chi connectivity index (χ1n) is 8.67. The number of nitrogens with zero attached hydrogens (tertiary/aromatic N) is 1. The van der Waals surface area contributed by atoms with Gasteiger partial charge in [-0.25, -0.2) is 0 Å². The van der Waals surface area contributed by atoms with Crippen molar-refractivity contribution in [3.8, 4) is 0 Å². The quantitative estimate of drug-likeness (QED) is 0.720. The predicted octanol–water partition coefficient (Wildman–Crippen LogP) is 3.77. The number of aliphatic hydroxyl groups is 1. The van der Waals surface area contributed by atoms with E-state index in [1.54, 1.807) is 6.26 Å². The maximum absolute atomic E-state index is 10.3. The number of aliphatic hydroxyl groups excluding tert-OH is 1. The van der Waals surface area contributed by atoms with Gasteiger partial charge in [0.25, 0.3) is 0 Å². The third kappa shape index (κ3) is 5.78. The van der Waals surface area contributed by atoms with Crippen LogP contribution >= 0.6 is 0 Å². The molecule has 0 aliphatic carbocycles. The summed E-state index contributed by atoms with van der Waals surface area (Å²) in [6.45, 7) is 8.65. The van der Waals surface area contributed by atoms with Gasteiger partial charge in [-0.2, -0.15) is 0 Å². The van der Waals surface area contributed by atoms with Crippen LogP contribution in [0, 0.1) is 6.92 Å². The summed E-state index contributed by atoms with van der Waals surface area (Å²) < 4.78 is 10.8. The molecule has 1 aromatic heterocycles. The van der Waals surface area contributed by atoms with Crippen molar-refractivity contribution in [2.24, 2.45) is 0 Å². The van der Waals surface area contributed by atoms with Crippen LogP contribution in [0.4, 0.5) is 0 Å². The van der Waals surface area contributed by atoms with Gasteiger partial charge in [-0.3, -0.25) is 4.90 Å². The molecule has 0 fully saturated rings. The van der Waals surface area contributed by atoms with E-state index >= 15 is 0 Å². The first kappa shape index (κ1) is 18.7. The van der Waals surface area contributed by atoms with Crippen molar-refractivity contribution in [1.82, 2.24) is 4.90 Å². The van der Waals surface area contributed by atoms with Crippen molar-refractivity contribution in [1.29, 1.82) is 0 Å². The maximum Gasteiger partial charge on any atom is 0.129 e. The van der Waals surface area contributed by atoms with E-state index in [2.05, 4.69) is 49.9 Å². The fraction of sp³-hybridized carbons (Fsp3) is 0.500. The molecule has 0 aliphatic rings. The fourth-order valence-corrected chi connectivity index (χ4v) is 2.68. The molecule has 2 rings (SSSR count). The lowest BCUT2D eigenvalue weighted by atomic mass is 10.1. The van der Waals surface area contributed by atoms with Crippen LogP contribution in [0.5, 0.6) is 0 Å². The number of hydrogen-bond acceptors (Lipinski definition) is 4. The van der Waals surface area contributed by atoms with Crippen LogP contribution in [0.15, 0.2) is 47.1 Å². The number of rotatable bonds is 10. The Kier molecular flexibility index (Phi) is 7.50. The second kappa shape index (κ2) is 9.62. The molecule has 2 atom stereocenters. The number of aryl methyl sites for hydroxylation is 1. The van der Waals surface area contributed by atoms with Crippen LogP contribution in [0.2, 0.25) is 0 Å². The third-order valence-electron chi connectivity index (χ3n) is 4.43. The van der Waals surface area contributed by atoms with Gasteiger partial charge in [0.15, 0.2) is 0 Å². The van der Waals surface area contributed by atoms with Gasteiger partial charge in [-0.1, -0.05) is 31.2 Å². The fourth-order valence-electron chi connectivity index (χ4n) is 2.68. The van der Waals surface area contributed by atoms with E-state index in [1.165, 1.54) is 11.1 Å². The van der Waals surface area contributed by atoms with Gasteiger partial charge < -0.3 is 14.3 Å². The van der Waals surface area contributed by atoms with E-state index in [9.17, 15) is 5.11 Å². The van der Waals surface area contributed by atoms with Crippen LogP contribution in [-0.4, -0.2) is 35.3 Å². The van der Waals surface area contributed by atoms with Gasteiger partial charge in [-0.15, -0.1) is 0 Å². The molecular formula is C20H29NO3. The van der Waals surface area contributed by atoms with Crippen LogP contribution in [-0.2, 0) is 17.9 Å². The second-order valence-electron chi connectivity index (χ2n) is 6.36. The SMILES string of the molecule is CC[C@H](C)N(Cc1ccccc1C)C[C@H](O)COCc1ccco1. The lowest BCUT2D eigenvalue weighted by molar-refractivity contribution is -0.00275. The molecule has 24 heavy (non-hydrogen) atoms. The summed E-state index contributed by atoms with van der Waals surface area (Å²) in [5.41, 5.74) is 2.59. The van der Waals surface area contributed by atoms with Crippen molar-refractivity contribution in [2.75, 3.05) is 13.2 Å². The molecule has 2 aromatic rings. The van der Waals surface area contributed by atoms with Crippen LogP contribution in [0.1, 0.15) is 37.2 Å². The van der Waals surface area contributed by atoms with Crippen molar-refractivity contribution >= 4 is 0 Å². The van der Waals surface area contributed by atoms with E-state index in [0.717, 1.165) is 18.7 Å². The van der Waals surface area contributed by atoms with E-state index in [-0.39, 0.29) is 0 Å². The summed E-state index contributed by atoms with van der Waals surface area (Å²) in [6, 6.07) is 12.5. The van der Waals surface area contributed by atoms with Crippen molar-refractivity contribution in [3.05, 3.63) is 59.5 Å². The Bertz CT molecular complexity index is 582. The summed E-state index contributed by atoms with van der Waals surface area (Å²) >= 11 is 0. The standard InChI is InChI=1S/C20H29NO3/c1-4-17(3)21(12-18-9-6-5-8-16(18)2)13-19(22)14-23-15-20-10-7-11-24-20/h5-11,17,19,22H,4,12-15H2,1-3H3/t17-,19-/m0/s1. The lowest BCUT2D eigenvalue weighted by Gasteiger charge is -2.31. The molecule has 0 bridgehead atoms. The van der Waals surface area contributed by atoms with Gasteiger partial charge in [0.2, 0.25) is 0 Å². The monoisotopic (exact) mass is 331 g/mol. The molecule has 0 unspecified atom stereocenters. The Morgan fingerprint density at radius 2 is 2.00 bits per heavy atom. The minimum Gasteiger partial charge on any atom is -0.467 e. The molecule has 0 saturated carbocycles. The highest BCUT2D eigenvalue weighted by atomic mass is 16.5. The molecule has 132 valence electrons. The van der Waals surface area contributed by atoms with E-state index in [1.807, 2.05) is 12.1 Å². The van der Waals surface area contributed by atoms with Crippen molar-refractivity contribution < 1.29 is 14.3 Å². The minimum atomic E-state index is -0.516. The van der Waals surface area contributed by atoms with Gasteiger partial charge in [0.1, 0.15) is 12.4 Å². The molecule has 0 aliphatic heterocycles. The largest absolute Gasteiger partial charge is 0.467 e. The number of hydrogen-bond donors (Lipinski definition) is 1. The molecule has 4 nitrogen and oxygen atoms in total. The molecule has 1 aromatic carbocycles. The first-order valence-corrected chi connectivity index (χ1v) is 8.67. The first-order chi connectivity index (χ1) is 11.6. The van der Waals surface area contributed by atoms with E-state index in [4.69, 9.17) is 9.15 Å². The number of benzene rings is 1. The Labute approximate surface area is 145 Å². The molecule has 0 saturated heterocycles. The maximum atomic E-state index is 10.3. The van der Waals surface area contributed by atoms with Crippen LogP contribution < -0.4 is 0 Å². The smallest absolute Gasteiger partial charge is 0.129 e. The van der Waals surface area contributed by atoms with E-state index in [0.29, 0.717) is 25.8 Å². The summed E-state index contributed by atoms with van der Waals surface area (Å²) in [6.07, 6.45) is 2.16. The molecule has 0 radical (unpaired) electrons. The summed E-state index contributed by atoms with van der Waals surface area (Å²) in [7, 11) is 0. The highest BCUT2D eigenvalue weighted by Crippen LogP contribution is 2.15. The Morgan fingerprint density at radius 3 is 2.67 bits per heavy atom. The number of furan rings is 1. The van der Waals surface area contributed by atoms with Gasteiger partial charge in [0.05, 0.1) is 19.0 Å². The normalized spacial score (nSPS) is 14.0. The van der Waals surface area contributed by atoms with Crippen molar-refractivity contribution in [2.45, 2.75) is 52.5 Å². The predicted molar refractivity (Wildman–Crippen MR) is 95.7 cm³/mol. The van der Waals surface area contributed by atoms with Crippen LogP contribution in [0.25, 0.3) is 0 Å². The third-order valence-corrected chi connectivity index (χ3v) is 4.43. The zero-order valence-corrected chi connectivity index (χ0v) is 14.9. The molecule has 1 heterocycles. The Balaban J connectivity index is 1.86. The van der Waals surface area contributed by atoms with Gasteiger partial charge >= 0.3 is 0 Å². The van der Waals surface area contributed by atoms with Crippen LogP contribution in [0.3, 0.4) is 0 Å². The molecular weight excluding hydrogens is 302 g/mol. The second-order valence-corrected chi connectivity index (χ2v) is 6.36. The molecule has 4 heteroatoms. The average Bonchev–Trinajstić information content (AvgIpc) is 3.09. The zero-order chi connectivity index (χ0) is 17.4. The topological polar surface area (TPSA) is 45.8 Å². The number of ether oxygens (including phenoxy) is 1. The Morgan fingerprint density at radius 1 is 1.21 bits per heavy atom. The van der Waals surface area contributed by atoms with E-state index < -0.39 is 6.10 Å². The summed E-state index contributed by atoms with van der Waals surface area (Å²) in [4.78, 5) is 2.32. The average molecular weight is 331 g/mol.